The van der Waals surface area contributed by atoms with Crippen LogP contribution in [-0.2, 0) is 0 Å². The fourth-order valence-electron chi connectivity index (χ4n) is 2.24. The summed E-state index contributed by atoms with van der Waals surface area (Å²) in [6, 6.07) is 6.49. The van der Waals surface area contributed by atoms with Crippen molar-refractivity contribution in [3.8, 4) is 17.2 Å². The Hall–Kier alpha value is -1.46. The Morgan fingerprint density at radius 2 is 1.65 bits per heavy atom. The average Bonchev–Trinajstić information content (AvgIpc) is 2.49. The van der Waals surface area contributed by atoms with Gasteiger partial charge in [-0.25, -0.2) is 0 Å². The zero-order valence-electron chi connectivity index (χ0n) is 12.5. The molecule has 0 N–H and O–H groups in total. The third-order valence-corrected chi connectivity index (χ3v) is 3.57. The number of hydrogen-bond donors (Lipinski definition) is 0. The fourth-order valence-corrected chi connectivity index (χ4v) is 2.24. The molecule has 0 bridgehead atoms. The molecule has 5 nitrogen and oxygen atoms in total. The molecule has 1 saturated heterocycles. The molecule has 1 heterocycles. The maximum Gasteiger partial charge on any atom is 0.203 e. The first-order valence-electron chi connectivity index (χ1n) is 6.90. The quantitative estimate of drug-likeness (QED) is 0.780. The van der Waals surface area contributed by atoms with Gasteiger partial charge in [0.1, 0.15) is 6.61 Å². The first kappa shape index (κ1) is 14.9. The van der Waals surface area contributed by atoms with Crippen LogP contribution in [0.15, 0.2) is 12.1 Å². The van der Waals surface area contributed by atoms with Crippen molar-refractivity contribution in [2.75, 3.05) is 60.6 Å². The van der Waals surface area contributed by atoms with E-state index in [0.29, 0.717) is 23.9 Å². The highest BCUT2D eigenvalue weighted by molar-refractivity contribution is 5.50. The Balaban J connectivity index is 1.87. The van der Waals surface area contributed by atoms with Crippen molar-refractivity contribution in [1.29, 1.82) is 0 Å². The Morgan fingerprint density at radius 1 is 1.05 bits per heavy atom. The van der Waals surface area contributed by atoms with E-state index >= 15 is 0 Å². The van der Waals surface area contributed by atoms with E-state index in [9.17, 15) is 0 Å². The molecule has 111 valence electrons. The lowest BCUT2D eigenvalue weighted by Crippen LogP contribution is -2.45. The van der Waals surface area contributed by atoms with Crippen LogP contribution < -0.4 is 14.2 Å². The minimum atomic E-state index is 0.625. The van der Waals surface area contributed by atoms with E-state index in [1.165, 1.54) is 0 Å². The van der Waals surface area contributed by atoms with Crippen LogP contribution >= 0.6 is 0 Å². The van der Waals surface area contributed by atoms with Gasteiger partial charge in [0.25, 0.3) is 0 Å². The third kappa shape index (κ3) is 3.77. The van der Waals surface area contributed by atoms with Gasteiger partial charge in [0.05, 0.1) is 14.2 Å². The predicted octanol–water partition coefficient (Wildman–Crippen LogP) is 1.13. The van der Waals surface area contributed by atoms with Crippen molar-refractivity contribution in [3.63, 3.8) is 0 Å². The summed E-state index contributed by atoms with van der Waals surface area (Å²) in [5.74, 6) is 1.97. The first-order chi connectivity index (χ1) is 9.74. The normalized spacial score (nSPS) is 16.9. The SMILES string of the molecule is COc1c[c]cc(OC)c1OCCN1CCN(C)CC1. The molecule has 1 radical (unpaired) electrons. The minimum Gasteiger partial charge on any atom is -0.493 e. The molecular formula is C15H23N2O3. The molecule has 0 spiro atoms. The van der Waals surface area contributed by atoms with Gasteiger partial charge in [0.15, 0.2) is 11.5 Å². The van der Waals surface area contributed by atoms with Gasteiger partial charge in [-0.2, -0.15) is 0 Å². The van der Waals surface area contributed by atoms with Crippen molar-refractivity contribution in [1.82, 2.24) is 9.80 Å². The maximum absolute atomic E-state index is 5.85. The first-order valence-corrected chi connectivity index (χ1v) is 6.90. The summed E-state index contributed by atoms with van der Waals surface area (Å²) >= 11 is 0. The van der Waals surface area contributed by atoms with Crippen LogP contribution in [0.4, 0.5) is 0 Å². The van der Waals surface area contributed by atoms with E-state index < -0.39 is 0 Å². The Kier molecular flexibility index (Phi) is 5.49. The van der Waals surface area contributed by atoms with Crippen LogP contribution in [0.25, 0.3) is 0 Å². The van der Waals surface area contributed by atoms with Gasteiger partial charge in [-0.3, -0.25) is 4.90 Å². The van der Waals surface area contributed by atoms with Crippen molar-refractivity contribution in [2.45, 2.75) is 0 Å². The zero-order valence-corrected chi connectivity index (χ0v) is 12.5. The average molecular weight is 279 g/mol. The topological polar surface area (TPSA) is 34.2 Å². The highest BCUT2D eigenvalue weighted by Crippen LogP contribution is 2.36. The number of rotatable bonds is 6. The largest absolute Gasteiger partial charge is 0.493 e. The molecule has 1 fully saturated rings. The molecule has 0 saturated carbocycles. The number of benzene rings is 1. The monoisotopic (exact) mass is 279 g/mol. The van der Waals surface area contributed by atoms with Gasteiger partial charge in [0.2, 0.25) is 5.75 Å². The molecule has 1 aromatic rings. The molecular weight excluding hydrogens is 256 g/mol. The lowest BCUT2D eigenvalue weighted by molar-refractivity contribution is 0.131. The lowest BCUT2D eigenvalue weighted by atomic mass is 10.3. The molecule has 0 amide bonds. The summed E-state index contributed by atoms with van der Waals surface area (Å²) in [6.07, 6.45) is 0. The van der Waals surface area contributed by atoms with Gasteiger partial charge in [-0.1, -0.05) is 0 Å². The van der Waals surface area contributed by atoms with Crippen LogP contribution in [0.3, 0.4) is 0 Å². The highest BCUT2D eigenvalue weighted by Gasteiger charge is 2.15. The number of methoxy groups -OCH3 is 2. The van der Waals surface area contributed by atoms with Gasteiger partial charge in [0, 0.05) is 32.7 Å². The number of piperazine rings is 1. The molecule has 20 heavy (non-hydrogen) atoms. The second-order valence-corrected chi connectivity index (χ2v) is 4.91. The molecule has 0 aromatic heterocycles. The molecule has 1 aliphatic rings. The molecule has 1 aromatic carbocycles. The van der Waals surface area contributed by atoms with E-state index in [-0.39, 0.29) is 0 Å². The zero-order chi connectivity index (χ0) is 14.4. The van der Waals surface area contributed by atoms with Gasteiger partial charge in [-0.05, 0) is 25.2 Å². The number of nitrogens with zero attached hydrogens (tertiary/aromatic N) is 2. The predicted molar refractivity (Wildman–Crippen MR) is 77.8 cm³/mol. The van der Waals surface area contributed by atoms with Crippen LogP contribution in [0.5, 0.6) is 17.2 Å². The lowest BCUT2D eigenvalue weighted by Gasteiger charge is -2.32. The van der Waals surface area contributed by atoms with Crippen LogP contribution in [0.2, 0.25) is 0 Å². The van der Waals surface area contributed by atoms with E-state index in [2.05, 4.69) is 22.9 Å². The van der Waals surface area contributed by atoms with Crippen LogP contribution in [0.1, 0.15) is 0 Å². The van der Waals surface area contributed by atoms with Crippen molar-refractivity contribution < 1.29 is 14.2 Å². The Labute approximate surface area is 121 Å². The molecule has 2 rings (SSSR count). The van der Waals surface area contributed by atoms with E-state index in [0.717, 1.165) is 32.7 Å². The fraction of sp³-hybridized carbons (Fsp3) is 0.600. The molecule has 0 unspecified atom stereocenters. The van der Waals surface area contributed by atoms with Crippen LogP contribution in [0, 0.1) is 6.07 Å². The van der Waals surface area contributed by atoms with Crippen LogP contribution in [-0.4, -0.2) is 70.4 Å². The second-order valence-electron chi connectivity index (χ2n) is 4.91. The summed E-state index contributed by atoms with van der Waals surface area (Å²) in [4.78, 5) is 4.75. The third-order valence-electron chi connectivity index (χ3n) is 3.57. The molecule has 1 aliphatic heterocycles. The summed E-state index contributed by atoms with van der Waals surface area (Å²) in [6.45, 7) is 5.96. The number of hydrogen-bond acceptors (Lipinski definition) is 5. The molecule has 0 aliphatic carbocycles. The van der Waals surface area contributed by atoms with E-state index in [1.54, 1.807) is 26.4 Å². The van der Waals surface area contributed by atoms with Crippen molar-refractivity contribution in [2.24, 2.45) is 0 Å². The minimum absolute atomic E-state index is 0.625. The van der Waals surface area contributed by atoms with Gasteiger partial charge >= 0.3 is 0 Å². The molecule has 5 heteroatoms. The number of ether oxygens (including phenoxy) is 3. The van der Waals surface area contributed by atoms with Gasteiger partial charge in [-0.15, -0.1) is 0 Å². The van der Waals surface area contributed by atoms with Gasteiger partial charge < -0.3 is 19.1 Å². The highest BCUT2D eigenvalue weighted by atomic mass is 16.5. The summed E-state index contributed by atoms with van der Waals surface area (Å²) in [5.41, 5.74) is 0. The van der Waals surface area contributed by atoms with E-state index in [4.69, 9.17) is 14.2 Å². The van der Waals surface area contributed by atoms with E-state index in [1.807, 2.05) is 0 Å². The second kappa shape index (κ2) is 7.36. The summed E-state index contributed by atoms with van der Waals surface area (Å²) < 4.78 is 16.4. The Morgan fingerprint density at radius 3 is 2.20 bits per heavy atom. The maximum atomic E-state index is 5.85. The summed E-state index contributed by atoms with van der Waals surface area (Å²) in [5, 5.41) is 0. The smallest absolute Gasteiger partial charge is 0.203 e. The van der Waals surface area contributed by atoms with Crippen molar-refractivity contribution >= 4 is 0 Å². The molecule has 0 atom stereocenters. The summed E-state index contributed by atoms with van der Waals surface area (Å²) in [7, 11) is 5.40. The standard InChI is InChI=1S/C15H23N2O3/c1-16-7-9-17(10-8-16)11-12-20-15-13(18-2)5-4-6-14(15)19-3/h5-6H,7-12H2,1-3H3. The Bertz CT molecular complexity index is 395. The van der Waals surface area contributed by atoms with Crippen molar-refractivity contribution in [3.05, 3.63) is 18.2 Å². The number of likely N-dealkylation sites (N-methyl/N-ethyl adjacent to an activating group) is 1.